The molecule has 3 rings (SSSR count). The van der Waals surface area contributed by atoms with Crippen LogP contribution < -0.4 is 5.73 Å². The molecule has 0 aliphatic rings. The summed E-state index contributed by atoms with van der Waals surface area (Å²) in [5, 5.41) is 0. The molecule has 0 spiro atoms. The Balaban J connectivity index is 2.11. The fourth-order valence-electron chi connectivity index (χ4n) is 2.12. The van der Waals surface area contributed by atoms with Gasteiger partial charge in [-0.3, -0.25) is 0 Å². The van der Waals surface area contributed by atoms with Gasteiger partial charge in [0.25, 0.3) is 0 Å². The van der Waals surface area contributed by atoms with Crippen LogP contribution in [0.3, 0.4) is 0 Å². The molecule has 0 aliphatic carbocycles. The topological polar surface area (TPSA) is 43.8 Å². The summed E-state index contributed by atoms with van der Waals surface area (Å²) in [6.07, 6.45) is 0. The van der Waals surface area contributed by atoms with Crippen LogP contribution in [-0.2, 0) is 6.54 Å². The molecule has 0 amide bonds. The molecular formula is C14H10BrF2N3. The van der Waals surface area contributed by atoms with Crippen LogP contribution in [0, 0.1) is 11.6 Å². The molecule has 0 saturated carbocycles. The first kappa shape index (κ1) is 13.1. The fraction of sp³-hybridized carbons (Fsp3) is 0.0714. The molecule has 102 valence electrons. The second kappa shape index (κ2) is 4.86. The summed E-state index contributed by atoms with van der Waals surface area (Å²) in [6, 6.07) is 9.13. The zero-order valence-electron chi connectivity index (χ0n) is 10.3. The first-order chi connectivity index (χ1) is 9.54. The van der Waals surface area contributed by atoms with Crippen LogP contribution in [-0.4, -0.2) is 9.55 Å². The second-order valence-corrected chi connectivity index (χ2v) is 5.30. The minimum atomic E-state index is -0.391. The van der Waals surface area contributed by atoms with E-state index in [0.29, 0.717) is 22.1 Å². The maximum absolute atomic E-state index is 13.7. The van der Waals surface area contributed by atoms with E-state index in [0.717, 1.165) is 5.56 Å². The Morgan fingerprint density at radius 1 is 1.20 bits per heavy atom. The fourth-order valence-corrected chi connectivity index (χ4v) is 2.45. The number of nitrogen functional groups attached to an aromatic ring is 1. The van der Waals surface area contributed by atoms with Gasteiger partial charge in [-0.15, -0.1) is 0 Å². The van der Waals surface area contributed by atoms with Crippen LogP contribution in [0.25, 0.3) is 11.0 Å². The average molecular weight is 338 g/mol. The van der Waals surface area contributed by atoms with Gasteiger partial charge in [0.15, 0.2) is 0 Å². The number of benzene rings is 2. The number of hydrogen-bond donors (Lipinski definition) is 1. The van der Waals surface area contributed by atoms with Gasteiger partial charge in [-0.1, -0.05) is 12.1 Å². The lowest BCUT2D eigenvalue weighted by atomic mass is 10.2. The van der Waals surface area contributed by atoms with Gasteiger partial charge in [0, 0.05) is 6.07 Å². The number of halogens is 3. The van der Waals surface area contributed by atoms with Crippen molar-refractivity contribution in [1.82, 2.24) is 9.55 Å². The zero-order chi connectivity index (χ0) is 14.3. The standard InChI is InChI=1S/C14H10BrF2N3/c15-10-5-12-13(6-11(10)17)20(14(18)19-12)7-8-2-1-3-9(16)4-8/h1-6H,7H2,(H2,18,19). The highest BCUT2D eigenvalue weighted by molar-refractivity contribution is 9.10. The summed E-state index contributed by atoms with van der Waals surface area (Å²) in [7, 11) is 0. The van der Waals surface area contributed by atoms with Gasteiger partial charge < -0.3 is 10.3 Å². The maximum Gasteiger partial charge on any atom is 0.201 e. The molecule has 0 radical (unpaired) electrons. The minimum absolute atomic E-state index is 0.266. The van der Waals surface area contributed by atoms with Crippen molar-refractivity contribution in [3.8, 4) is 0 Å². The predicted octanol–water partition coefficient (Wildman–Crippen LogP) is 3.71. The molecule has 1 heterocycles. The van der Waals surface area contributed by atoms with Gasteiger partial charge in [0.2, 0.25) is 5.95 Å². The number of nitrogens with two attached hydrogens (primary N) is 1. The van der Waals surface area contributed by atoms with E-state index in [1.54, 1.807) is 22.8 Å². The average Bonchev–Trinajstić information content (AvgIpc) is 2.67. The lowest BCUT2D eigenvalue weighted by molar-refractivity contribution is 0.620. The third kappa shape index (κ3) is 2.27. The number of imidazole rings is 1. The minimum Gasteiger partial charge on any atom is -0.369 e. The Labute approximate surface area is 122 Å². The summed E-state index contributed by atoms with van der Waals surface area (Å²) in [5.41, 5.74) is 7.76. The summed E-state index contributed by atoms with van der Waals surface area (Å²) in [5.74, 6) is -0.445. The van der Waals surface area contributed by atoms with E-state index in [1.165, 1.54) is 18.2 Å². The highest BCUT2D eigenvalue weighted by Gasteiger charge is 2.12. The Bertz CT molecular complexity index is 798. The molecule has 3 aromatic rings. The van der Waals surface area contributed by atoms with Gasteiger partial charge in [0.1, 0.15) is 11.6 Å². The molecule has 0 atom stereocenters. The molecule has 1 aromatic heterocycles. The van der Waals surface area contributed by atoms with Gasteiger partial charge in [-0.2, -0.15) is 0 Å². The monoisotopic (exact) mass is 337 g/mol. The molecule has 6 heteroatoms. The molecule has 20 heavy (non-hydrogen) atoms. The lowest BCUT2D eigenvalue weighted by Crippen LogP contribution is -2.04. The molecule has 0 saturated heterocycles. The molecule has 3 nitrogen and oxygen atoms in total. The molecule has 2 N–H and O–H groups in total. The molecule has 0 bridgehead atoms. The number of anilines is 1. The van der Waals surface area contributed by atoms with E-state index in [9.17, 15) is 8.78 Å². The van der Waals surface area contributed by atoms with Crippen molar-refractivity contribution in [3.63, 3.8) is 0 Å². The predicted molar refractivity (Wildman–Crippen MR) is 77.3 cm³/mol. The van der Waals surface area contributed by atoms with E-state index in [1.807, 2.05) is 0 Å². The van der Waals surface area contributed by atoms with Crippen molar-refractivity contribution in [2.75, 3.05) is 5.73 Å². The van der Waals surface area contributed by atoms with Gasteiger partial charge in [-0.25, -0.2) is 13.8 Å². The summed E-state index contributed by atoms with van der Waals surface area (Å²) >= 11 is 3.11. The van der Waals surface area contributed by atoms with Crippen LogP contribution >= 0.6 is 15.9 Å². The van der Waals surface area contributed by atoms with Crippen LogP contribution in [0.2, 0.25) is 0 Å². The second-order valence-electron chi connectivity index (χ2n) is 4.44. The summed E-state index contributed by atoms with van der Waals surface area (Å²) in [6.45, 7) is 0.334. The number of nitrogens with zero attached hydrogens (tertiary/aromatic N) is 2. The largest absolute Gasteiger partial charge is 0.369 e. The quantitative estimate of drug-likeness (QED) is 0.774. The van der Waals surface area contributed by atoms with E-state index in [-0.39, 0.29) is 11.8 Å². The first-order valence-electron chi connectivity index (χ1n) is 5.90. The van der Waals surface area contributed by atoms with Crippen LogP contribution in [0.4, 0.5) is 14.7 Å². The van der Waals surface area contributed by atoms with E-state index in [2.05, 4.69) is 20.9 Å². The molecule has 0 fully saturated rings. The number of rotatable bonds is 2. The van der Waals surface area contributed by atoms with Gasteiger partial charge in [-0.05, 0) is 39.7 Å². The zero-order valence-corrected chi connectivity index (χ0v) is 11.9. The van der Waals surface area contributed by atoms with E-state index in [4.69, 9.17) is 5.73 Å². The van der Waals surface area contributed by atoms with Crippen molar-refractivity contribution < 1.29 is 8.78 Å². The molecular weight excluding hydrogens is 328 g/mol. The molecule has 2 aromatic carbocycles. The number of hydrogen-bond acceptors (Lipinski definition) is 2. The van der Waals surface area contributed by atoms with Crippen LogP contribution in [0.5, 0.6) is 0 Å². The third-order valence-electron chi connectivity index (χ3n) is 3.05. The van der Waals surface area contributed by atoms with Gasteiger partial charge in [0.05, 0.1) is 22.1 Å². The molecule has 0 unspecified atom stereocenters. The number of fused-ring (bicyclic) bond motifs is 1. The Morgan fingerprint density at radius 2 is 2.00 bits per heavy atom. The summed E-state index contributed by atoms with van der Waals surface area (Å²) in [4.78, 5) is 4.18. The number of aromatic nitrogens is 2. The Hall–Kier alpha value is -1.95. The van der Waals surface area contributed by atoms with Crippen molar-refractivity contribution >= 4 is 32.9 Å². The summed E-state index contributed by atoms with van der Waals surface area (Å²) < 4.78 is 28.8. The lowest BCUT2D eigenvalue weighted by Gasteiger charge is -2.07. The normalized spacial score (nSPS) is 11.2. The van der Waals surface area contributed by atoms with E-state index >= 15 is 0 Å². The van der Waals surface area contributed by atoms with E-state index < -0.39 is 5.82 Å². The van der Waals surface area contributed by atoms with Crippen molar-refractivity contribution in [2.24, 2.45) is 0 Å². The maximum atomic E-state index is 13.7. The van der Waals surface area contributed by atoms with Crippen LogP contribution in [0.1, 0.15) is 5.56 Å². The smallest absolute Gasteiger partial charge is 0.201 e. The SMILES string of the molecule is Nc1nc2cc(Br)c(F)cc2n1Cc1cccc(F)c1. The Morgan fingerprint density at radius 3 is 2.75 bits per heavy atom. The highest BCUT2D eigenvalue weighted by atomic mass is 79.9. The van der Waals surface area contributed by atoms with Crippen molar-refractivity contribution in [1.29, 1.82) is 0 Å². The molecule has 0 aliphatic heterocycles. The third-order valence-corrected chi connectivity index (χ3v) is 3.66. The van der Waals surface area contributed by atoms with Crippen molar-refractivity contribution in [2.45, 2.75) is 6.54 Å². The van der Waals surface area contributed by atoms with Gasteiger partial charge >= 0.3 is 0 Å². The highest BCUT2D eigenvalue weighted by Crippen LogP contribution is 2.25. The Kier molecular flexibility index (Phi) is 3.17. The van der Waals surface area contributed by atoms with Crippen molar-refractivity contribution in [3.05, 3.63) is 58.1 Å². The first-order valence-corrected chi connectivity index (χ1v) is 6.69. The van der Waals surface area contributed by atoms with Crippen LogP contribution in [0.15, 0.2) is 40.9 Å².